The first kappa shape index (κ1) is 21.6. The Balaban J connectivity index is 1.38. The number of hydrogen-bond acceptors (Lipinski definition) is 5. The SMILES string of the molecule is N#Cc1cc(=O)c2cccc(NC(O)CCCCCCCCc3ccccc3)c2o1. The largest absolute Gasteiger partial charge is 0.443 e. The van der Waals surface area contributed by atoms with Crippen LogP contribution in [0.25, 0.3) is 11.0 Å². The van der Waals surface area contributed by atoms with Gasteiger partial charge < -0.3 is 14.8 Å². The Hall–Kier alpha value is -3.10. The summed E-state index contributed by atoms with van der Waals surface area (Å²) in [4.78, 5) is 12.1. The third-order valence-electron chi connectivity index (χ3n) is 5.22. The lowest BCUT2D eigenvalue weighted by Gasteiger charge is -2.15. The molecule has 156 valence electrons. The van der Waals surface area contributed by atoms with Gasteiger partial charge in [-0.3, -0.25) is 4.79 Å². The van der Waals surface area contributed by atoms with Crippen LogP contribution in [0.2, 0.25) is 0 Å². The number of nitrogens with one attached hydrogen (secondary N) is 1. The van der Waals surface area contributed by atoms with Crippen molar-refractivity contribution >= 4 is 16.7 Å². The summed E-state index contributed by atoms with van der Waals surface area (Å²) in [6.45, 7) is 0. The summed E-state index contributed by atoms with van der Waals surface area (Å²) in [5.41, 5.74) is 1.96. The molecule has 0 aliphatic rings. The maximum Gasteiger partial charge on any atom is 0.208 e. The predicted molar refractivity (Wildman–Crippen MR) is 119 cm³/mol. The first-order valence-corrected chi connectivity index (χ1v) is 10.6. The molecule has 2 N–H and O–H groups in total. The van der Waals surface area contributed by atoms with Gasteiger partial charge in [0.1, 0.15) is 12.3 Å². The van der Waals surface area contributed by atoms with E-state index in [1.54, 1.807) is 18.2 Å². The molecule has 2 aromatic carbocycles. The van der Waals surface area contributed by atoms with Crippen molar-refractivity contribution in [2.75, 3.05) is 5.32 Å². The monoisotopic (exact) mass is 404 g/mol. The highest BCUT2D eigenvalue weighted by atomic mass is 16.3. The molecule has 0 fully saturated rings. The van der Waals surface area contributed by atoms with Gasteiger partial charge in [-0.2, -0.15) is 5.26 Å². The van der Waals surface area contributed by atoms with Crippen LogP contribution in [0.5, 0.6) is 0 Å². The number of hydrogen-bond donors (Lipinski definition) is 2. The number of nitriles is 1. The number of rotatable bonds is 11. The van der Waals surface area contributed by atoms with Gasteiger partial charge in [-0.25, -0.2) is 0 Å². The van der Waals surface area contributed by atoms with Crippen molar-refractivity contribution in [2.24, 2.45) is 0 Å². The van der Waals surface area contributed by atoms with E-state index in [2.05, 4.69) is 29.6 Å². The van der Waals surface area contributed by atoms with Crippen molar-refractivity contribution in [2.45, 2.75) is 57.6 Å². The highest BCUT2D eigenvalue weighted by Gasteiger charge is 2.11. The van der Waals surface area contributed by atoms with Crippen LogP contribution in [0, 0.1) is 11.3 Å². The van der Waals surface area contributed by atoms with Crippen LogP contribution in [-0.2, 0) is 6.42 Å². The van der Waals surface area contributed by atoms with E-state index in [1.807, 2.05) is 12.1 Å². The van der Waals surface area contributed by atoms with Gasteiger partial charge in [-0.05, 0) is 43.4 Å². The zero-order valence-electron chi connectivity index (χ0n) is 17.1. The minimum Gasteiger partial charge on any atom is -0.443 e. The molecule has 1 heterocycles. The summed E-state index contributed by atoms with van der Waals surface area (Å²) < 4.78 is 5.50. The maximum atomic E-state index is 12.1. The van der Waals surface area contributed by atoms with Crippen LogP contribution in [0.15, 0.2) is 63.8 Å². The molecule has 0 aliphatic carbocycles. The molecule has 1 atom stereocenters. The third kappa shape index (κ3) is 6.20. The zero-order chi connectivity index (χ0) is 21.2. The molecule has 0 spiro atoms. The summed E-state index contributed by atoms with van der Waals surface area (Å²) >= 11 is 0. The smallest absolute Gasteiger partial charge is 0.208 e. The van der Waals surface area contributed by atoms with E-state index in [4.69, 9.17) is 9.68 Å². The van der Waals surface area contributed by atoms with Crippen LogP contribution in [-0.4, -0.2) is 11.3 Å². The zero-order valence-corrected chi connectivity index (χ0v) is 17.1. The molecule has 3 aromatic rings. The number of aryl methyl sites for hydroxylation is 1. The molecule has 0 aliphatic heterocycles. The topological polar surface area (TPSA) is 86.3 Å². The minimum absolute atomic E-state index is 0.0384. The van der Waals surface area contributed by atoms with Gasteiger partial charge in [0, 0.05) is 6.07 Å². The molecule has 1 unspecified atom stereocenters. The number of para-hydroxylation sites is 1. The van der Waals surface area contributed by atoms with E-state index >= 15 is 0 Å². The molecule has 0 saturated heterocycles. The molecule has 0 radical (unpaired) electrons. The van der Waals surface area contributed by atoms with Crippen molar-refractivity contribution in [3.63, 3.8) is 0 Å². The molecule has 3 rings (SSSR count). The number of aliphatic hydroxyl groups is 1. The normalized spacial score (nSPS) is 11.9. The molecule has 1 aromatic heterocycles. The van der Waals surface area contributed by atoms with Crippen LogP contribution >= 0.6 is 0 Å². The van der Waals surface area contributed by atoms with E-state index in [0.717, 1.165) is 25.7 Å². The van der Waals surface area contributed by atoms with Crippen molar-refractivity contribution in [3.8, 4) is 6.07 Å². The quantitative estimate of drug-likeness (QED) is 0.331. The molecule has 0 saturated carbocycles. The lowest BCUT2D eigenvalue weighted by molar-refractivity contribution is 0.188. The van der Waals surface area contributed by atoms with E-state index in [-0.39, 0.29) is 11.2 Å². The van der Waals surface area contributed by atoms with Gasteiger partial charge in [0.25, 0.3) is 0 Å². The average molecular weight is 405 g/mol. The average Bonchev–Trinajstić information content (AvgIpc) is 2.76. The fourth-order valence-electron chi connectivity index (χ4n) is 3.62. The Labute approximate surface area is 177 Å². The lowest BCUT2D eigenvalue weighted by Crippen LogP contribution is -2.19. The molecule has 0 amide bonds. The number of nitrogens with zero attached hydrogens (tertiary/aromatic N) is 1. The van der Waals surface area contributed by atoms with E-state index < -0.39 is 6.23 Å². The Morgan fingerprint density at radius 1 is 0.967 bits per heavy atom. The van der Waals surface area contributed by atoms with Crippen molar-refractivity contribution in [1.82, 2.24) is 0 Å². The predicted octanol–water partition coefficient (Wildman–Crippen LogP) is 5.37. The van der Waals surface area contributed by atoms with Crippen LogP contribution in [0.3, 0.4) is 0 Å². The fraction of sp³-hybridized carbons (Fsp3) is 0.360. The second-order valence-corrected chi connectivity index (χ2v) is 7.57. The third-order valence-corrected chi connectivity index (χ3v) is 5.22. The van der Waals surface area contributed by atoms with Crippen molar-refractivity contribution < 1.29 is 9.52 Å². The van der Waals surface area contributed by atoms with Crippen molar-refractivity contribution in [3.05, 3.63) is 76.1 Å². The van der Waals surface area contributed by atoms with Gasteiger partial charge in [0.15, 0.2) is 11.0 Å². The van der Waals surface area contributed by atoms with Crippen LogP contribution in [0.4, 0.5) is 5.69 Å². The second kappa shape index (κ2) is 11.2. The highest BCUT2D eigenvalue weighted by molar-refractivity contribution is 5.88. The summed E-state index contributed by atoms with van der Waals surface area (Å²) in [7, 11) is 0. The number of benzene rings is 2. The molecule has 5 nitrogen and oxygen atoms in total. The summed E-state index contributed by atoms with van der Waals surface area (Å²) in [6.07, 6.45) is 7.83. The summed E-state index contributed by atoms with van der Waals surface area (Å²) in [5, 5.41) is 22.7. The van der Waals surface area contributed by atoms with Gasteiger partial charge >= 0.3 is 0 Å². The van der Waals surface area contributed by atoms with E-state index in [0.29, 0.717) is 23.1 Å². The number of unbranched alkanes of at least 4 members (excludes halogenated alkanes) is 5. The van der Waals surface area contributed by atoms with Gasteiger partial charge in [-0.1, -0.05) is 62.1 Å². The molecule has 0 bridgehead atoms. The summed E-state index contributed by atoms with van der Waals surface area (Å²) in [5.74, 6) is -0.0384. The van der Waals surface area contributed by atoms with Gasteiger partial charge in [-0.15, -0.1) is 0 Å². The van der Waals surface area contributed by atoms with Crippen LogP contribution < -0.4 is 10.7 Å². The van der Waals surface area contributed by atoms with Crippen molar-refractivity contribution in [1.29, 1.82) is 5.26 Å². The minimum atomic E-state index is -0.732. The first-order chi connectivity index (χ1) is 14.7. The molecular weight excluding hydrogens is 376 g/mol. The second-order valence-electron chi connectivity index (χ2n) is 7.57. The first-order valence-electron chi connectivity index (χ1n) is 10.6. The number of aliphatic hydroxyl groups excluding tert-OH is 1. The molecular formula is C25H28N2O3. The fourth-order valence-corrected chi connectivity index (χ4v) is 3.62. The number of anilines is 1. The molecule has 30 heavy (non-hydrogen) atoms. The number of fused-ring (bicyclic) bond motifs is 1. The van der Waals surface area contributed by atoms with Gasteiger partial charge in [0.2, 0.25) is 5.76 Å². The molecule has 5 heteroatoms. The highest BCUT2D eigenvalue weighted by Crippen LogP contribution is 2.23. The lowest BCUT2D eigenvalue weighted by atomic mass is 10.0. The standard InChI is InChI=1S/C25H28N2O3/c26-18-20-17-23(28)21-14-10-15-22(25(21)30-20)27-24(29)16-9-4-2-1-3-6-11-19-12-7-5-8-13-19/h5,7-8,10,12-15,17,24,27,29H,1-4,6,9,11,16H2. The maximum absolute atomic E-state index is 12.1. The van der Waals surface area contributed by atoms with E-state index in [1.165, 1.54) is 30.9 Å². The van der Waals surface area contributed by atoms with E-state index in [9.17, 15) is 9.90 Å². The summed E-state index contributed by atoms with van der Waals surface area (Å²) in [6, 6.07) is 18.7. The Bertz CT molecular complexity index is 1040. The van der Waals surface area contributed by atoms with Crippen LogP contribution in [0.1, 0.15) is 56.3 Å². The van der Waals surface area contributed by atoms with Gasteiger partial charge in [0.05, 0.1) is 11.1 Å². The Morgan fingerprint density at radius 2 is 1.70 bits per heavy atom. The Morgan fingerprint density at radius 3 is 2.47 bits per heavy atom. The Kier molecular flexibility index (Phi) is 8.05.